The molecule has 0 aromatic rings. The van der Waals surface area contributed by atoms with Crippen LogP contribution in [0.2, 0.25) is 0 Å². The van der Waals surface area contributed by atoms with Gasteiger partial charge < -0.3 is 11.1 Å². The zero-order valence-corrected chi connectivity index (χ0v) is 5.86. The average Bonchev–Trinajstić information content (AvgIpc) is 1.63. The van der Waals surface area contributed by atoms with Crippen molar-refractivity contribution in [2.24, 2.45) is 5.73 Å². The third-order valence-corrected chi connectivity index (χ3v) is 0.559. The maximum Gasteiger partial charge on any atom is 0.0737 e. The number of hydrogen-bond donors (Lipinski definition) is 2. The third kappa shape index (κ3) is 7.06. The van der Waals surface area contributed by atoms with E-state index in [4.69, 9.17) is 5.73 Å². The first-order valence-electron chi connectivity index (χ1n) is 2.74. The van der Waals surface area contributed by atoms with Crippen molar-refractivity contribution in [3.05, 3.63) is 12.8 Å². The number of nitrogens with two attached hydrogens (primary N) is 1. The van der Waals surface area contributed by atoms with Gasteiger partial charge in [0.1, 0.15) is 0 Å². The topological polar surface area (TPSA) is 38.0 Å². The summed E-state index contributed by atoms with van der Waals surface area (Å²) in [5.41, 5.74) is 5.11. The fourth-order valence-electron chi connectivity index (χ4n) is 0.248. The summed E-state index contributed by atoms with van der Waals surface area (Å²) in [5, 5.41) is 2.63. The number of rotatable bonds is 1. The summed E-state index contributed by atoms with van der Waals surface area (Å²) in [6, 6.07) is 2.63. The van der Waals surface area contributed by atoms with Gasteiger partial charge in [-0.25, -0.2) is 0 Å². The van der Waals surface area contributed by atoms with Crippen LogP contribution >= 0.6 is 0 Å². The maximum absolute atomic E-state index is 5.53. The quantitative estimate of drug-likeness (QED) is 0.392. The number of hydrogen-bond acceptors (Lipinski definition) is 2. The molecule has 0 saturated heterocycles. The molecule has 3 N–H and O–H groups in total. The van der Waals surface area contributed by atoms with E-state index < -0.39 is 5.54 Å². The molecule has 0 bridgehead atoms. The molecule has 0 rings (SSSR count). The summed E-state index contributed by atoms with van der Waals surface area (Å²) < 4.78 is 0. The average molecular weight is 124 g/mol. The Morgan fingerprint density at radius 2 is 2.22 bits per heavy atom. The van der Waals surface area contributed by atoms with E-state index in [0.717, 1.165) is 0 Å². The second-order valence-electron chi connectivity index (χ2n) is 2.32. The Kier molecular flexibility index (Phi) is 2.83. The lowest BCUT2D eigenvalue weighted by atomic mass is 10.1. The van der Waals surface area contributed by atoms with Crippen molar-refractivity contribution in [1.29, 1.82) is 0 Å². The van der Waals surface area contributed by atoms with Crippen molar-refractivity contribution in [3.63, 3.8) is 0 Å². The van der Waals surface area contributed by atoms with Gasteiger partial charge in [-0.3, -0.25) is 0 Å². The highest BCUT2D eigenvalue weighted by atomic mass is 14.8. The standard InChI is InChI=1S/C7H12N2/c1-4-9-6-5-7(2,3)8/h4,9H,1,8H2,2-3H3. The minimum absolute atomic E-state index is 0.421. The molecule has 9 heavy (non-hydrogen) atoms. The van der Waals surface area contributed by atoms with Crippen molar-refractivity contribution in [2.75, 3.05) is 0 Å². The Balaban J connectivity index is 3.72. The van der Waals surface area contributed by atoms with Gasteiger partial charge in [0.25, 0.3) is 0 Å². The fourth-order valence-corrected chi connectivity index (χ4v) is 0.248. The van der Waals surface area contributed by atoms with Gasteiger partial charge in [0, 0.05) is 12.2 Å². The third-order valence-electron chi connectivity index (χ3n) is 0.559. The lowest BCUT2D eigenvalue weighted by Crippen LogP contribution is -2.29. The minimum Gasteiger partial charge on any atom is -0.322 e. The van der Waals surface area contributed by atoms with Gasteiger partial charge in [-0.05, 0) is 13.8 Å². The van der Waals surface area contributed by atoms with E-state index >= 15 is 0 Å². The highest BCUT2D eigenvalue weighted by molar-refractivity contribution is 5.12. The normalized spacial score (nSPS) is 9.22. The van der Waals surface area contributed by atoms with Crippen LogP contribution in [0, 0.1) is 12.0 Å². The summed E-state index contributed by atoms with van der Waals surface area (Å²) in [6.45, 7) is 7.10. The monoisotopic (exact) mass is 124 g/mol. The van der Waals surface area contributed by atoms with E-state index in [1.807, 2.05) is 13.8 Å². The van der Waals surface area contributed by atoms with Gasteiger partial charge in [-0.2, -0.15) is 0 Å². The number of nitrogens with one attached hydrogen (secondary N) is 1. The zero-order chi connectivity index (χ0) is 7.33. The van der Waals surface area contributed by atoms with Gasteiger partial charge in [0.2, 0.25) is 0 Å². The molecule has 0 spiro atoms. The molecule has 0 unspecified atom stereocenters. The van der Waals surface area contributed by atoms with Crippen LogP contribution in [0.4, 0.5) is 0 Å². The van der Waals surface area contributed by atoms with Crippen molar-refractivity contribution in [2.45, 2.75) is 19.4 Å². The van der Waals surface area contributed by atoms with Gasteiger partial charge >= 0.3 is 0 Å². The molecule has 50 valence electrons. The lowest BCUT2D eigenvalue weighted by Gasteiger charge is -2.06. The molecule has 0 fully saturated rings. The van der Waals surface area contributed by atoms with Gasteiger partial charge in [0.15, 0.2) is 0 Å². The first-order valence-corrected chi connectivity index (χ1v) is 2.74. The van der Waals surface area contributed by atoms with Gasteiger partial charge in [-0.15, -0.1) is 0 Å². The van der Waals surface area contributed by atoms with Crippen molar-refractivity contribution >= 4 is 0 Å². The maximum atomic E-state index is 5.53. The Bertz CT molecular complexity index is 143. The summed E-state index contributed by atoms with van der Waals surface area (Å²) >= 11 is 0. The van der Waals surface area contributed by atoms with E-state index in [2.05, 4.69) is 23.9 Å². The zero-order valence-electron chi connectivity index (χ0n) is 5.86. The van der Waals surface area contributed by atoms with E-state index in [-0.39, 0.29) is 0 Å². The molecule has 0 aliphatic carbocycles. The predicted octanol–water partition coefficient (Wildman–Crippen LogP) is 0.418. The minimum atomic E-state index is -0.421. The Morgan fingerprint density at radius 1 is 1.67 bits per heavy atom. The Hall–Kier alpha value is -0.940. The SMILES string of the molecule is C=CNC#CC(C)(C)N. The molecule has 0 aromatic heterocycles. The molecular formula is C7H12N2. The van der Waals surface area contributed by atoms with Crippen LogP contribution in [0.1, 0.15) is 13.8 Å². The first kappa shape index (κ1) is 8.06. The predicted molar refractivity (Wildman–Crippen MR) is 39.4 cm³/mol. The van der Waals surface area contributed by atoms with Crippen LogP contribution < -0.4 is 11.1 Å². The van der Waals surface area contributed by atoms with Crippen LogP contribution in [-0.4, -0.2) is 5.54 Å². The molecule has 0 aromatic carbocycles. The van der Waals surface area contributed by atoms with Crippen LogP contribution in [0.25, 0.3) is 0 Å². The molecule has 0 saturated carbocycles. The summed E-state index contributed by atoms with van der Waals surface area (Å²) in [4.78, 5) is 0. The smallest absolute Gasteiger partial charge is 0.0737 e. The molecule has 2 nitrogen and oxygen atoms in total. The molecule has 0 radical (unpaired) electrons. The van der Waals surface area contributed by atoms with Gasteiger partial charge in [0.05, 0.1) is 5.54 Å². The molecule has 0 atom stereocenters. The second kappa shape index (κ2) is 3.16. The lowest BCUT2D eigenvalue weighted by molar-refractivity contribution is 0.679. The molecule has 0 aliphatic rings. The Labute approximate surface area is 56.1 Å². The van der Waals surface area contributed by atoms with Crippen molar-refractivity contribution in [1.82, 2.24) is 5.32 Å². The van der Waals surface area contributed by atoms with E-state index in [1.165, 1.54) is 6.20 Å². The molecule has 0 heterocycles. The largest absolute Gasteiger partial charge is 0.322 e. The second-order valence-corrected chi connectivity index (χ2v) is 2.32. The van der Waals surface area contributed by atoms with Crippen LogP contribution in [-0.2, 0) is 0 Å². The van der Waals surface area contributed by atoms with E-state index in [1.54, 1.807) is 0 Å². The summed E-state index contributed by atoms with van der Waals surface area (Å²) in [6.07, 6.45) is 1.51. The first-order chi connectivity index (χ1) is 4.06. The van der Waals surface area contributed by atoms with Crippen molar-refractivity contribution in [3.8, 4) is 12.0 Å². The van der Waals surface area contributed by atoms with Crippen LogP contribution in [0.5, 0.6) is 0 Å². The molecule has 2 heteroatoms. The fraction of sp³-hybridized carbons (Fsp3) is 0.429. The molecular weight excluding hydrogens is 112 g/mol. The van der Waals surface area contributed by atoms with Crippen LogP contribution in [0.3, 0.4) is 0 Å². The summed E-state index contributed by atoms with van der Waals surface area (Å²) in [5.74, 6) is 2.77. The molecule has 0 amide bonds. The van der Waals surface area contributed by atoms with E-state index in [0.29, 0.717) is 0 Å². The highest BCUT2D eigenvalue weighted by Crippen LogP contribution is 1.89. The van der Waals surface area contributed by atoms with Crippen molar-refractivity contribution < 1.29 is 0 Å². The highest BCUT2D eigenvalue weighted by Gasteiger charge is 2.02. The van der Waals surface area contributed by atoms with Crippen LogP contribution in [0.15, 0.2) is 12.8 Å². The molecule has 0 aliphatic heterocycles. The van der Waals surface area contributed by atoms with Gasteiger partial charge in [-0.1, -0.05) is 12.5 Å². The van der Waals surface area contributed by atoms with E-state index in [9.17, 15) is 0 Å². The Morgan fingerprint density at radius 3 is 2.56 bits per heavy atom. The summed E-state index contributed by atoms with van der Waals surface area (Å²) in [7, 11) is 0.